The number of nitrogens with two attached hydrogens (primary N) is 1. The van der Waals surface area contributed by atoms with E-state index >= 15 is 0 Å². The summed E-state index contributed by atoms with van der Waals surface area (Å²) < 4.78 is 50.0. The molecular weight excluding hydrogens is 175 g/mol. The second kappa shape index (κ2) is 2.17. The summed E-state index contributed by atoms with van der Waals surface area (Å²) in [4.78, 5) is 0. The van der Waals surface area contributed by atoms with E-state index in [1.807, 2.05) is 0 Å². The van der Waals surface area contributed by atoms with E-state index in [4.69, 9.17) is 0 Å². The lowest BCUT2D eigenvalue weighted by atomic mass is 13.9. The molecule has 0 fully saturated rings. The molecule has 0 aliphatic rings. The Labute approximate surface area is 51.4 Å². The lowest BCUT2D eigenvalue weighted by molar-refractivity contribution is 0.543. The minimum Gasteiger partial charge on any atom is -0.215 e. The minimum absolute atomic E-state index is 0.514. The molecule has 0 aromatic heterocycles. The molecule has 0 amide bonds. The first-order valence-electron chi connectivity index (χ1n) is 1.46. The smallest absolute Gasteiger partial charge is 0.215 e. The van der Waals surface area contributed by atoms with Gasteiger partial charge in [-0.2, -0.15) is 16.8 Å². The van der Waals surface area contributed by atoms with Crippen LogP contribution in [0.15, 0.2) is 0 Å². The monoisotopic (exact) mass is 178 g/mol. The molecule has 0 spiro atoms. The van der Waals surface area contributed by atoms with Crippen molar-refractivity contribution in [1.82, 2.24) is 4.13 Å². The van der Waals surface area contributed by atoms with Crippen molar-refractivity contribution in [3.05, 3.63) is 0 Å². The van der Waals surface area contributed by atoms with Gasteiger partial charge in [0.05, 0.1) is 0 Å². The van der Waals surface area contributed by atoms with E-state index in [2.05, 4.69) is 5.14 Å². The number of hydrogen-bond acceptors (Lipinski definition) is 4. The number of rotatable bonds is 2. The van der Waals surface area contributed by atoms with Crippen molar-refractivity contribution in [3.63, 3.8) is 0 Å². The van der Waals surface area contributed by atoms with Crippen LogP contribution in [0.25, 0.3) is 0 Å². The SMILES string of the molecule is NS(=O)(=O)NS(=O)(=O)F. The van der Waals surface area contributed by atoms with Gasteiger partial charge in [0.25, 0.3) is 10.2 Å². The Kier molecular flexibility index (Phi) is 2.11. The molecule has 0 aromatic rings. The third-order valence-corrected chi connectivity index (χ3v) is 1.94. The van der Waals surface area contributed by atoms with Gasteiger partial charge in [-0.15, -0.1) is 0 Å². The number of hydrogen-bond donors (Lipinski definition) is 2. The third-order valence-electron chi connectivity index (χ3n) is 0.216. The standard InChI is InChI=1S/FH3N2O4S2/c1-8(4,5)3-9(2,6)7/h3H,(H2,2,6,7). The topological polar surface area (TPSA) is 106 Å². The zero-order chi connectivity index (χ0) is 7.71. The summed E-state index contributed by atoms with van der Waals surface area (Å²) >= 11 is 0. The molecule has 9 heteroatoms. The quantitative estimate of drug-likeness (QED) is 0.476. The van der Waals surface area contributed by atoms with Gasteiger partial charge in [0.1, 0.15) is 0 Å². The van der Waals surface area contributed by atoms with E-state index in [0.29, 0.717) is 4.13 Å². The van der Waals surface area contributed by atoms with E-state index in [-0.39, 0.29) is 0 Å². The van der Waals surface area contributed by atoms with Crippen LogP contribution in [0.3, 0.4) is 0 Å². The van der Waals surface area contributed by atoms with Crippen molar-refractivity contribution in [2.45, 2.75) is 0 Å². The fourth-order valence-corrected chi connectivity index (χ4v) is 1.25. The molecule has 9 heavy (non-hydrogen) atoms. The molecule has 56 valence electrons. The Balaban J connectivity index is 4.46. The minimum atomic E-state index is -5.24. The van der Waals surface area contributed by atoms with Crippen LogP contribution in [0.4, 0.5) is 3.89 Å². The van der Waals surface area contributed by atoms with Gasteiger partial charge < -0.3 is 0 Å². The van der Waals surface area contributed by atoms with E-state index in [9.17, 15) is 20.7 Å². The van der Waals surface area contributed by atoms with Gasteiger partial charge in [-0.05, 0) is 0 Å². The molecule has 3 N–H and O–H groups in total. The molecule has 0 aliphatic heterocycles. The fourth-order valence-electron chi connectivity index (χ4n) is 0.139. The molecule has 0 bridgehead atoms. The lowest BCUT2D eigenvalue weighted by Crippen LogP contribution is -2.33. The molecule has 0 radical (unpaired) electrons. The summed E-state index contributed by atoms with van der Waals surface area (Å²) in [5.41, 5.74) is 0. The highest BCUT2D eigenvalue weighted by atomic mass is 32.3. The van der Waals surface area contributed by atoms with Gasteiger partial charge in [-0.1, -0.05) is 8.01 Å². The summed E-state index contributed by atoms with van der Waals surface area (Å²) in [6.45, 7) is 0. The first-order valence-corrected chi connectivity index (χ1v) is 4.39. The third kappa shape index (κ3) is 7.75. The van der Waals surface area contributed by atoms with Crippen molar-refractivity contribution in [3.8, 4) is 0 Å². The van der Waals surface area contributed by atoms with Crippen molar-refractivity contribution in [2.75, 3.05) is 0 Å². The Morgan fingerprint density at radius 1 is 1.22 bits per heavy atom. The summed E-state index contributed by atoms with van der Waals surface area (Å²) in [7, 11) is -9.74. The van der Waals surface area contributed by atoms with Crippen LogP contribution in [0.1, 0.15) is 0 Å². The number of nitrogens with one attached hydrogen (secondary N) is 1. The fraction of sp³-hybridized carbons (Fsp3) is 0. The Morgan fingerprint density at radius 3 is 1.56 bits per heavy atom. The normalized spacial score (nSPS) is 13.6. The second-order valence-corrected chi connectivity index (χ2v) is 3.70. The molecule has 0 heterocycles. The largest absolute Gasteiger partial charge is 0.386 e. The number of halogens is 1. The van der Waals surface area contributed by atoms with Crippen LogP contribution in [-0.2, 0) is 20.6 Å². The summed E-state index contributed by atoms with van der Waals surface area (Å²) in [6, 6.07) is 0. The Hall–Kier alpha value is -0.250. The highest BCUT2D eigenvalue weighted by Crippen LogP contribution is 1.83. The van der Waals surface area contributed by atoms with E-state index in [0.717, 1.165) is 0 Å². The Morgan fingerprint density at radius 2 is 1.56 bits per heavy atom. The van der Waals surface area contributed by atoms with Gasteiger partial charge in [0, 0.05) is 0 Å². The first-order chi connectivity index (χ1) is 3.71. The lowest BCUT2D eigenvalue weighted by Gasteiger charge is -1.90. The first kappa shape index (κ1) is 8.75. The summed E-state index contributed by atoms with van der Waals surface area (Å²) in [5.74, 6) is 0. The molecular formula is H3FN2O4S2. The predicted molar refractivity (Wildman–Crippen MR) is 26.3 cm³/mol. The van der Waals surface area contributed by atoms with Crippen LogP contribution in [0, 0.1) is 0 Å². The van der Waals surface area contributed by atoms with Gasteiger partial charge in [-0.3, -0.25) is 0 Å². The van der Waals surface area contributed by atoms with Gasteiger partial charge in [0.2, 0.25) is 0 Å². The highest BCUT2D eigenvalue weighted by molar-refractivity contribution is 8.01. The van der Waals surface area contributed by atoms with Crippen LogP contribution >= 0.6 is 0 Å². The van der Waals surface area contributed by atoms with Crippen LogP contribution in [0.2, 0.25) is 0 Å². The molecule has 0 aromatic carbocycles. The van der Waals surface area contributed by atoms with Crippen molar-refractivity contribution in [1.29, 1.82) is 0 Å². The molecule has 0 saturated heterocycles. The maximum absolute atomic E-state index is 11.3. The van der Waals surface area contributed by atoms with E-state index < -0.39 is 20.6 Å². The van der Waals surface area contributed by atoms with Crippen molar-refractivity contribution in [2.24, 2.45) is 5.14 Å². The van der Waals surface area contributed by atoms with Crippen molar-refractivity contribution < 1.29 is 20.7 Å². The van der Waals surface area contributed by atoms with Crippen molar-refractivity contribution >= 4 is 20.6 Å². The molecule has 0 rings (SSSR count). The van der Waals surface area contributed by atoms with Gasteiger partial charge in [-0.25, -0.2) is 5.14 Å². The zero-order valence-electron chi connectivity index (χ0n) is 3.90. The molecule has 0 aliphatic carbocycles. The zero-order valence-corrected chi connectivity index (χ0v) is 5.54. The predicted octanol–water partition coefficient (Wildman–Crippen LogP) is -2.01. The maximum Gasteiger partial charge on any atom is 0.386 e. The van der Waals surface area contributed by atoms with E-state index in [1.165, 1.54) is 0 Å². The molecule has 6 nitrogen and oxygen atoms in total. The van der Waals surface area contributed by atoms with Gasteiger partial charge >= 0.3 is 10.4 Å². The molecule has 0 unspecified atom stereocenters. The van der Waals surface area contributed by atoms with E-state index in [1.54, 1.807) is 0 Å². The van der Waals surface area contributed by atoms with Crippen LogP contribution in [0.5, 0.6) is 0 Å². The average Bonchev–Trinajstić information content (AvgIpc) is 1.14. The average molecular weight is 178 g/mol. The summed E-state index contributed by atoms with van der Waals surface area (Å²) in [6.07, 6.45) is 0. The van der Waals surface area contributed by atoms with Crippen LogP contribution < -0.4 is 9.27 Å². The van der Waals surface area contributed by atoms with Gasteiger partial charge in [0.15, 0.2) is 0 Å². The molecule has 0 saturated carbocycles. The highest BCUT2D eigenvalue weighted by Gasteiger charge is 2.13. The molecule has 0 atom stereocenters. The maximum atomic E-state index is 11.3. The van der Waals surface area contributed by atoms with Crippen LogP contribution in [-0.4, -0.2) is 16.8 Å². The second-order valence-electron chi connectivity index (χ2n) is 1.07. The summed E-state index contributed by atoms with van der Waals surface area (Å²) in [5, 5.41) is 4.06. The Bertz CT molecular complexity index is 242.